The third-order valence-corrected chi connectivity index (χ3v) is 4.63. The molecule has 0 aromatic heterocycles. The maximum atomic E-state index is 6.09. The van der Waals surface area contributed by atoms with Crippen LogP contribution in [0.2, 0.25) is 0 Å². The summed E-state index contributed by atoms with van der Waals surface area (Å²) in [5.74, 6) is 5.95. The molecule has 116 valence electrons. The lowest BCUT2D eigenvalue weighted by atomic mass is 9.73. The molecule has 3 nitrogen and oxygen atoms in total. The van der Waals surface area contributed by atoms with Gasteiger partial charge in [0.25, 0.3) is 0 Å². The number of hydrogen-bond acceptors (Lipinski definition) is 3. The first kappa shape index (κ1) is 15.2. The second-order valence-electron chi connectivity index (χ2n) is 6.16. The van der Waals surface area contributed by atoms with Crippen LogP contribution in [0.15, 0.2) is 60.7 Å². The Balaban J connectivity index is 1.69. The fraction of sp³-hybridized carbons (Fsp3) is 0.368. The molecule has 0 unspecified atom stereocenters. The number of hydrazine groups is 1. The smallest absolute Gasteiger partial charge is 0.0717 e. The van der Waals surface area contributed by atoms with Crippen molar-refractivity contribution in [3.05, 3.63) is 71.8 Å². The van der Waals surface area contributed by atoms with Gasteiger partial charge in [0.1, 0.15) is 0 Å². The summed E-state index contributed by atoms with van der Waals surface area (Å²) >= 11 is 0. The Labute approximate surface area is 132 Å². The van der Waals surface area contributed by atoms with Crippen LogP contribution < -0.4 is 5.84 Å². The molecule has 22 heavy (non-hydrogen) atoms. The van der Waals surface area contributed by atoms with E-state index in [9.17, 15) is 0 Å². The quantitative estimate of drug-likeness (QED) is 0.862. The van der Waals surface area contributed by atoms with Crippen molar-refractivity contribution in [2.24, 2.45) is 5.84 Å². The Morgan fingerprint density at radius 1 is 0.909 bits per heavy atom. The van der Waals surface area contributed by atoms with Crippen molar-refractivity contribution in [1.29, 1.82) is 0 Å². The molecule has 2 aromatic rings. The fourth-order valence-electron chi connectivity index (χ4n) is 3.20. The number of piperidine rings is 1. The van der Waals surface area contributed by atoms with Crippen LogP contribution in [0.3, 0.4) is 0 Å². The van der Waals surface area contributed by atoms with Crippen molar-refractivity contribution < 1.29 is 4.74 Å². The van der Waals surface area contributed by atoms with Gasteiger partial charge in [-0.15, -0.1) is 0 Å². The minimum absolute atomic E-state index is 0.0892. The number of ether oxygens (including phenoxy) is 1. The van der Waals surface area contributed by atoms with Gasteiger partial charge >= 0.3 is 0 Å². The molecule has 2 N–H and O–H groups in total. The molecule has 1 fully saturated rings. The van der Waals surface area contributed by atoms with Crippen molar-refractivity contribution in [3.8, 4) is 0 Å². The molecule has 1 aliphatic rings. The minimum atomic E-state index is 0.0892. The van der Waals surface area contributed by atoms with E-state index >= 15 is 0 Å². The molecule has 0 atom stereocenters. The second-order valence-corrected chi connectivity index (χ2v) is 6.16. The Morgan fingerprint density at radius 2 is 1.50 bits per heavy atom. The molecule has 1 saturated heterocycles. The molecular weight excluding hydrogens is 272 g/mol. The van der Waals surface area contributed by atoms with Crippen LogP contribution in [0.25, 0.3) is 0 Å². The van der Waals surface area contributed by atoms with Gasteiger partial charge in [0.15, 0.2) is 0 Å². The molecule has 0 spiro atoms. The number of rotatable bonds is 5. The highest BCUT2D eigenvalue weighted by Crippen LogP contribution is 2.35. The zero-order valence-electron chi connectivity index (χ0n) is 12.9. The van der Waals surface area contributed by atoms with Gasteiger partial charge in [0.2, 0.25) is 0 Å². The van der Waals surface area contributed by atoms with E-state index in [1.54, 1.807) is 0 Å². The van der Waals surface area contributed by atoms with E-state index in [1.807, 2.05) is 11.1 Å². The Bertz CT molecular complexity index is 563. The zero-order chi connectivity index (χ0) is 15.3. The maximum Gasteiger partial charge on any atom is 0.0717 e. The molecule has 3 rings (SSSR count). The van der Waals surface area contributed by atoms with Crippen LogP contribution in [-0.2, 0) is 16.8 Å². The van der Waals surface area contributed by atoms with E-state index < -0.39 is 0 Å². The molecule has 1 aliphatic heterocycles. The van der Waals surface area contributed by atoms with Crippen LogP contribution >= 0.6 is 0 Å². The lowest BCUT2D eigenvalue weighted by molar-refractivity contribution is 0.0361. The first-order valence-electron chi connectivity index (χ1n) is 7.95. The van der Waals surface area contributed by atoms with Gasteiger partial charge in [0, 0.05) is 18.5 Å². The minimum Gasteiger partial charge on any atom is -0.376 e. The molecule has 0 saturated carbocycles. The molecule has 1 heterocycles. The van der Waals surface area contributed by atoms with Gasteiger partial charge in [-0.25, -0.2) is 5.01 Å². The summed E-state index contributed by atoms with van der Waals surface area (Å²) in [4.78, 5) is 0. The summed E-state index contributed by atoms with van der Waals surface area (Å²) in [6, 6.07) is 21.1. The van der Waals surface area contributed by atoms with Crippen LogP contribution in [0.4, 0.5) is 0 Å². The van der Waals surface area contributed by atoms with E-state index in [-0.39, 0.29) is 5.41 Å². The highest BCUT2D eigenvalue weighted by molar-refractivity contribution is 5.26. The summed E-state index contributed by atoms with van der Waals surface area (Å²) < 4.78 is 6.09. The molecule has 0 amide bonds. The standard InChI is InChI=1S/C19H24N2O/c20-21-13-11-19(12-14-21,18-9-5-2-6-10-18)16-22-15-17-7-3-1-4-8-17/h1-10H,11-16,20H2. The van der Waals surface area contributed by atoms with Crippen molar-refractivity contribution in [2.45, 2.75) is 24.9 Å². The van der Waals surface area contributed by atoms with Crippen LogP contribution in [0.1, 0.15) is 24.0 Å². The van der Waals surface area contributed by atoms with Crippen molar-refractivity contribution in [1.82, 2.24) is 5.01 Å². The third kappa shape index (κ3) is 3.55. The van der Waals surface area contributed by atoms with E-state index in [4.69, 9.17) is 10.6 Å². The monoisotopic (exact) mass is 296 g/mol. The first-order valence-corrected chi connectivity index (χ1v) is 7.95. The summed E-state index contributed by atoms with van der Waals surface area (Å²) in [7, 11) is 0. The van der Waals surface area contributed by atoms with Crippen LogP contribution in [-0.4, -0.2) is 24.7 Å². The highest BCUT2D eigenvalue weighted by atomic mass is 16.5. The first-order chi connectivity index (χ1) is 10.8. The zero-order valence-corrected chi connectivity index (χ0v) is 12.9. The summed E-state index contributed by atoms with van der Waals surface area (Å²) in [6.45, 7) is 3.26. The average Bonchev–Trinajstić information content (AvgIpc) is 2.59. The largest absolute Gasteiger partial charge is 0.376 e. The summed E-state index contributed by atoms with van der Waals surface area (Å²) in [5.41, 5.74) is 2.68. The van der Waals surface area contributed by atoms with Gasteiger partial charge in [-0.1, -0.05) is 60.7 Å². The number of nitrogens with zero attached hydrogens (tertiary/aromatic N) is 1. The van der Waals surface area contributed by atoms with E-state index in [0.29, 0.717) is 6.61 Å². The predicted octanol–water partition coefficient (Wildman–Crippen LogP) is 3.11. The number of hydrogen-bond donors (Lipinski definition) is 1. The predicted molar refractivity (Wildman–Crippen MR) is 89.2 cm³/mol. The van der Waals surface area contributed by atoms with E-state index in [0.717, 1.165) is 32.5 Å². The molecule has 2 aromatic carbocycles. The Kier molecular flexibility index (Phi) is 4.88. The van der Waals surface area contributed by atoms with Crippen LogP contribution in [0.5, 0.6) is 0 Å². The molecule has 0 bridgehead atoms. The van der Waals surface area contributed by atoms with E-state index in [2.05, 4.69) is 54.6 Å². The van der Waals surface area contributed by atoms with Gasteiger partial charge in [0.05, 0.1) is 13.2 Å². The lowest BCUT2D eigenvalue weighted by Gasteiger charge is -2.40. The van der Waals surface area contributed by atoms with Crippen molar-refractivity contribution in [2.75, 3.05) is 19.7 Å². The van der Waals surface area contributed by atoms with Crippen molar-refractivity contribution >= 4 is 0 Å². The van der Waals surface area contributed by atoms with Gasteiger partial charge in [-0.2, -0.15) is 0 Å². The fourth-order valence-corrected chi connectivity index (χ4v) is 3.20. The topological polar surface area (TPSA) is 38.5 Å². The molecule has 3 heteroatoms. The Morgan fingerprint density at radius 3 is 2.14 bits per heavy atom. The normalized spacial score (nSPS) is 18.2. The second kappa shape index (κ2) is 7.05. The van der Waals surface area contributed by atoms with Crippen molar-refractivity contribution in [3.63, 3.8) is 0 Å². The lowest BCUT2D eigenvalue weighted by Crippen LogP contribution is -2.47. The SMILES string of the molecule is NN1CCC(COCc2ccccc2)(c2ccccc2)CC1. The van der Waals surface area contributed by atoms with Gasteiger partial charge in [-0.05, 0) is 24.0 Å². The third-order valence-electron chi connectivity index (χ3n) is 4.63. The Hall–Kier alpha value is -1.68. The summed E-state index contributed by atoms with van der Waals surface area (Å²) in [6.07, 6.45) is 2.09. The van der Waals surface area contributed by atoms with Gasteiger partial charge < -0.3 is 4.74 Å². The summed E-state index contributed by atoms with van der Waals surface area (Å²) in [5, 5.41) is 1.92. The molecule has 0 radical (unpaired) electrons. The molecule has 0 aliphatic carbocycles. The highest BCUT2D eigenvalue weighted by Gasteiger charge is 2.35. The number of benzene rings is 2. The van der Waals surface area contributed by atoms with Crippen LogP contribution in [0, 0.1) is 0 Å². The number of nitrogens with two attached hydrogens (primary N) is 1. The van der Waals surface area contributed by atoms with E-state index in [1.165, 1.54) is 11.1 Å². The molecular formula is C19H24N2O. The van der Waals surface area contributed by atoms with Gasteiger partial charge in [-0.3, -0.25) is 5.84 Å². The average molecular weight is 296 g/mol. The maximum absolute atomic E-state index is 6.09.